The highest BCUT2D eigenvalue weighted by molar-refractivity contribution is 6.31. The molecule has 2 heterocycles. The van der Waals surface area contributed by atoms with Crippen LogP contribution in [0.2, 0.25) is 5.02 Å². The van der Waals surface area contributed by atoms with Gasteiger partial charge in [-0.1, -0.05) is 11.6 Å². The second kappa shape index (κ2) is 5.08. The Kier molecular flexibility index (Phi) is 3.68. The van der Waals surface area contributed by atoms with E-state index in [9.17, 15) is 0 Å². The van der Waals surface area contributed by atoms with E-state index in [1.807, 2.05) is 37.7 Å². The molecule has 2 rings (SSSR count). The van der Waals surface area contributed by atoms with Crippen LogP contribution in [-0.4, -0.2) is 20.8 Å². The van der Waals surface area contributed by atoms with Gasteiger partial charge in [0, 0.05) is 12.2 Å². The first-order chi connectivity index (χ1) is 8.49. The number of rotatable bonds is 3. The minimum absolute atomic E-state index is 0.117. The lowest BCUT2D eigenvalue weighted by Gasteiger charge is -2.08. The monoisotopic (exact) mass is 264 g/mol. The van der Waals surface area contributed by atoms with Gasteiger partial charge in [-0.3, -0.25) is 4.98 Å². The first-order valence-corrected chi connectivity index (χ1v) is 6.28. The van der Waals surface area contributed by atoms with E-state index in [1.54, 1.807) is 6.20 Å². The normalized spacial score (nSPS) is 12.7. The van der Waals surface area contributed by atoms with Gasteiger partial charge >= 0.3 is 0 Å². The first-order valence-electron chi connectivity index (χ1n) is 5.90. The van der Waals surface area contributed by atoms with Gasteiger partial charge in [-0.05, 0) is 38.8 Å². The van der Waals surface area contributed by atoms with Crippen molar-refractivity contribution < 1.29 is 0 Å². The molecule has 4 nitrogen and oxygen atoms in total. The van der Waals surface area contributed by atoms with Crippen LogP contribution in [0.3, 0.4) is 0 Å². The second-order valence-electron chi connectivity index (χ2n) is 4.63. The van der Waals surface area contributed by atoms with Crippen molar-refractivity contribution in [2.24, 2.45) is 5.73 Å². The van der Waals surface area contributed by atoms with Gasteiger partial charge in [0.25, 0.3) is 0 Å². The van der Waals surface area contributed by atoms with Crippen molar-refractivity contribution in [1.82, 2.24) is 14.8 Å². The van der Waals surface area contributed by atoms with E-state index < -0.39 is 0 Å². The number of aromatic nitrogens is 3. The fourth-order valence-corrected chi connectivity index (χ4v) is 2.07. The third-order valence-electron chi connectivity index (χ3n) is 2.79. The highest BCUT2D eigenvalue weighted by atomic mass is 35.5. The lowest BCUT2D eigenvalue weighted by Crippen LogP contribution is -2.18. The Balaban J connectivity index is 2.41. The van der Waals surface area contributed by atoms with Crippen molar-refractivity contribution in [2.45, 2.75) is 33.2 Å². The summed E-state index contributed by atoms with van der Waals surface area (Å²) in [5.74, 6) is 0. The summed E-state index contributed by atoms with van der Waals surface area (Å²) < 4.78 is 1.81. The molecule has 18 heavy (non-hydrogen) atoms. The maximum Gasteiger partial charge on any atom is 0.0848 e. The van der Waals surface area contributed by atoms with E-state index in [0.717, 1.165) is 29.1 Å². The van der Waals surface area contributed by atoms with Crippen LogP contribution in [0.25, 0.3) is 5.69 Å². The number of nitrogens with zero attached hydrogens (tertiary/aromatic N) is 3. The molecule has 2 N–H and O–H groups in total. The summed E-state index contributed by atoms with van der Waals surface area (Å²) in [5, 5.41) is 5.12. The molecule has 96 valence electrons. The molecule has 0 aromatic carbocycles. The van der Waals surface area contributed by atoms with Gasteiger partial charge in [0.05, 0.1) is 28.3 Å². The summed E-state index contributed by atoms with van der Waals surface area (Å²) in [6, 6.07) is 2.16. The summed E-state index contributed by atoms with van der Waals surface area (Å²) in [6.07, 6.45) is 4.41. The summed E-state index contributed by atoms with van der Waals surface area (Å²) in [4.78, 5) is 4.23. The van der Waals surface area contributed by atoms with Gasteiger partial charge in [0.15, 0.2) is 0 Å². The van der Waals surface area contributed by atoms with E-state index in [-0.39, 0.29) is 6.04 Å². The smallest absolute Gasteiger partial charge is 0.0848 e. The number of hydrogen-bond acceptors (Lipinski definition) is 3. The van der Waals surface area contributed by atoms with Gasteiger partial charge in [0.1, 0.15) is 0 Å². The maximum absolute atomic E-state index is 6.15. The fraction of sp³-hybridized carbons (Fsp3) is 0.385. The first kappa shape index (κ1) is 13.1. The molecular weight excluding hydrogens is 248 g/mol. The zero-order valence-electron chi connectivity index (χ0n) is 10.8. The summed E-state index contributed by atoms with van der Waals surface area (Å²) >= 11 is 6.15. The van der Waals surface area contributed by atoms with Gasteiger partial charge in [-0.2, -0.15) is 5.10 Å². The zero-order valence-corrected chi connectivity index (χ0v) is 11.6. The van der Waals surface area contributed by atoms with Gasteiger partial charge < -0.3 is 5.73 Å². The molecular formula is C13H17ClN4. The molecule has 0 aliphatic heterocycles. The predicted octanol–water partition coefficient (Wildman–Crippen LogP) is 2.43. The molecule has 5 heteroatoms. The quantitative estimate of drug-likeness (QED) is 0.926. The highest BCUT2D eigenvalue weighted by Crippen LogP contribution is 2.22. The van der Waals surface area contributed by atoms with E-state index in [1.165, 1.54) is 0 Å². The lowest BCUT2D eigenvalue weighted by atomic mass is 10.1. The number of halogens is 1. The molecule has 1 unspecified atom stereocenters. The van der Waals surface area contributed by atoms with E-state index in [0.29, 0.717) is 5.02 Å². The highest BCUT2D eigenvalue weighted by Gasteiger charge is 2.11. The van der Waals surface area contributed by atoms with Crippen LogP contribution in [-0.2, 0) is 6.42 Å². The van der Waals surface area contributed by atoms with Crippen molar-refractivity contribution in [3.63, 3.8) is 0 Å². The third-order valence-corrected chi connectivity index (χ3v) is 3.33. The third kappa shape index (κ3) is 2.54. The van der Waals surface area contributed by atoms with E-state index in [2.05, 4.69) is 10.1 Å². The van der Waals surface area contributed by atoms with Crippen LogP contribution >= 0.6 is 11.6 Å². The Morgan fingerprint density at radius 1 is 1.39 bits per heavy atom. The molecule has 0 amide bonds. The van der Waals surface area contributed by atoms with Crippen LogP contribution < -0.4 is 5.73 Å². The fourth-order valence-electron chi connectivity index (χ4n) is 1.95. The lowest BCUT2D eigenvalue weighted by molar-refractivity contribution is 0.732. The van der Waals surface area contributed by atoms with Crippen LogP contribution in [0.1, 0.15) is 23.9 Å². The maximum atomic E-state index is 6.15. The average Bonchev–Trinajstić information content (AvgIpc) is 2.56. The zero-order chi connectivity index (χ0) is 13.3. The Morgan fingerprint density at radius 3 is 2.67 bits per heavy atom. The van der Waals surface area contributed by atoms with Crippen LogP contribution in [0.5, 0.6) is 0 Å². The molecule has 0 aliphatic rings. The number of aryl methyl sites for hydroxylation is 1. The van der Waals surface area contributed by atoms with Crippen molar-refractivity contribution in [2.75, 3.05) is 0 Å². The standard InChI is InChI=1S/C13H17ClN4/c1-8(15)4-11-5-12(7-16-6-11)18-10(3)13(14)9(2)17-18/h5-8H,4,15H2,1-3H3. The predicted molar refractivity (Wildman–Crippen MR) is 73.2 cm³/mol. The molecule has 0 aliphatic carbocycles. The van der Waals surface area contributed by atoms with Crippen LogP contribution in [0, 0.1) is 13.8 Å². The number of pyridine rings is 1. The summed E-state index contributed by atoms with van der Waals surface area (Å²) in [5.41, 5.74) is 9.57. The molecule has 0 bridgehead atoms. The molecule has 2 aromatic heterocycles. The van der Waals surface area contributed by atoms with Crippen LogP contribution in [0.15, 0.2) is 18.5 Å². The molecule has 1 atom stereocenters. The van der Waals surface area contributed by atoms with Crippen LogP contribution in [0.4, 0.5) is 0 Å². The van der Waals surface area contributed by atoms with Crippen molar-refractivity contribution in [3.05, 3.63) is 40.4 Å². The Labute approximate surface area is 112 Å². The Morgan fingerprint density at radius 2 is 2.11 bits per heavy atom. The number of hydrogen-bond donors (Lipinski definition) is 1. The SMILES string of the molecule is Cc1nn(-c2cncc(CC(C)N)c2)c(C)c1Cl. The molecule has 0 saturated carbocycles. The van der Waals surface area contributed by atoms with Gasteiger partial charge in [0.2, 0.25) is 0 Å². The van der Waals surface area contributed by atoms with Crippen molar-refractivity contribution >= 4 is 11.6 Å². The minimum Gasteiger partial charge on any atom is -0.328 e. The van der Waals surface area contributed by atoms with Gasteiger partial charge in [-0.15, -0.1) is 0 Å². The Hall–Kier alpha value is -1.39. The van der Waals surface area contributed by atoms with E-state index >= 15 is 0 Å². The van der Waals surface area contributed by atoms with Crippen molar-refractivity contribution in [3.8, 4) is 5.69 Å². The molecule has 0 saturated heterocycles. The van der Waals surface area contributed by atoms with Gasteiger partial charge in [-0.25, -0.2) is 4.68 Å². The molecule has 2 aromatic rings. The topological polar surface area (TPSA) is 56.7 Å². The molecule has 0 radical (unpaired) electrons. The second-order valence-corrected chi connectivity index (χ2v) is 5.01. The number of nitrogens with two attached hydrogens (primary N) is 1. The largest absolute Gasteiger partial charge is 0.328 e. The van der Waals surface area contributed by atoms with Crippen molar-refractivity contribution in [1.29, 1.82) is 0 Å². The average molecular weight is 265 g/mol. The summed E-state index contributed by atoms with van der Waals surface area (Å²) in [7, 11) is 0. The summed E-state index contributed by atoms with van der Waals surface area (Å²) in [6.45, 7) is 5.82. The minimum atomic E-state index is 0.117. The Bertz CT molecular complexity index is 560. The molecule has 0 fully saturated rings. The van der Waals surface area contributed by atoms with E-state index in [4.69, 9.17) is 17.3 Å². The molecule has 0 spiro atoms.